The number of piperidine rings is 1. The Morgan fingerprint density at radius 1 is 1.43 bits per heavy atom. The van der Waals surface area contributed by atoms with Gasteiger partial charge < -0.3 is 10.1 Å². The van der Waals surface area contributed by atoms with Gasteiger partial charge in [-0.05, 0) is 20.3 Å². The van der Waals surface area contributed by atoms with Gasteiger partial charge in [0.2, 0.25) is 10.0 Å². The molecule has 1 fully saturated rings. The van der Waals surface area contributed by atoms with Gasteiger partial charge in [-0.15, -0.1) is 0 Å². The lowest BCUT2D eigenvalue weighted by Crippen LogP contribution is -2.49. The van der Waals surface area contributed by atoms with Gasteiger partial charge in [-0.25, -0.2) is 13.6 Å². The van der Waals surface area contributed by atoms with Gasteiger partial charge in [-0.2, -0.15) is 0 Å². The highest BCUT2D eigenvalue weighted by molar-refractivity contribution is 7.89. The molecule has 1 saturated heterocycles. The summed E-state index contributed by atoms with van der Waals surface area (Å²) in [5.41, 5.74) is 0. The first-order valence-electron chi connectivity index (χ1n) is 4.77. The Hall–Kier alpha value is -0.170. The molecule has 0 amide bonds. The van der Waals surface area contributed by atoms with Crippen molar-refractivity contribution in [3.8, 4) is 0 Å². The summed E-state index contributed by atoms with van der Waals surface area (Å²) in [4.78, 5) is 0. The number of primary sulfonamides is 1. The molecule has 3 N–H and O–H groups in total. The normalized spacial score (nSPS) is 29.4. The summed E-state index contributed by atoms with van der Waals surface area (Å²) >= 11 is 0. The standard InChI is InChI=1S/C8H18N2O3S/c1-6(2)13-7-3-8(5-10-4-7)14(9,11)12/h6-8,10H,3-5H2,1-2H3,(H2,9,11,12)/t7-,8-/m1/s1. The van der Waals surface area contributed by atoms with Gasteiger partial charge >= 0.3 is 0 Å². The molecule has 1 rings (SSSR count). The maximum Gasteiger partial charge on any atom is 0.213 e. The Bertz CT molecular complexity index is 276. The second-order valence-corrected chi connectivity index (χ2v) is 5.76. The minimum atomic E-state index is -3.44. The SMILES string of the molecule is CC(C)O[C@H]1CNC[C@H](S(N)(=O)=O)C1. The number of nitrogens with two attached hydrogens (primary N) is 1. The molecule has 2 atom stereocenters. The van der Waals surface area contributed by atoms with Crippen LogP contribution >= 0.6 is 0 Å². The molecule has 0 aliphatic carbocycles. The molecule has 0 radical (unpaired) electrons. The van der Waals surface area contributed by atoms with Gasteiger partial charge in [-0.1, -0.05) is 0 Å². The van der Waals surface area contributed by atoms with E-state index in [9.17, 15) is 8.42 Å². The largest absolute Gasteiger partial charge is 0.374 e. The molecule has 0 aromatic heterocycles. The molecule has 0 aromatic rings. The first-order chi connectivity index (χ1) is 6.39. The molecule has 0 bridgehead atoms. The number of nitrogens with one attached hydrogen (secondary N) is 1. The number of sulfonamides is 1. The molecule has 0 saturated carbocycles. The summed E-state index contributed by atoms with van der Waals surface area (Å²) in [6, 6.07) is 0. The van der Waals surface area contributed by atoms with E-state index in [1.807, 2.05) is 13.8 Å². The second-order valence-electron chi connectivity index (χ2n) is 3.91. The number of rotatable bonds is 3. The Balaban J connectivity index is 2.52. The van der Waals surface area contributed by atoms with E-state index in [1.54, 1.807) is 0 Å². The third kappa shape index (κ3) is 3.53. The van der Waals surface area contributed by atoms with Gasteiger partial charge in [-0.3, -0.25) is 0 Å². The number of hydrogen-bond acceptors (Lipinski definition) is 4. The van der Waals surface area contributed by atoms with Crippen LogP contribution in [0.1, 0.15) is 20.3 Å². The maximum absolute atomic E-state index is 11.1. The summed E-state index contributed by atoms with van der Waals surface area (Å²) in [7, 11) is -3.44. The highest BCUT2D eigenvalue weighted by Crippen LogP contribution is 2.13. The molecule has 0 spiro atoms. The minimum absolute atomic E-state index is 0.0490. The van der Waals surface area contributed by atoms with Crippen LogP contribution in [0.15, 0.2) is 0 Å². The van der Waals surface area contributed by atoms with Crippen LogP contribution in [0.5, 0.6) is 0 Å². The van der Waals surface area contributed by atoms with E-state index in [1.165, 1.54) is 0 Å². The van der Waals surface area contributed by atoms with E-state index < -0.39 is 15.3 Å². The van der Waals surface area contributed by atoms with Crippen LogP contribution in [-0.2, 0) is 14.8 Å². The van der Waals surface area contributed by atoms with E-state index in [2.05, 4.69) is 5.32 Å². The zero-order valence-corrected chi connectivity index (χ0v) is 9.38. The summed E-state index contributed by atoms with van der Waals surface area (Å²) in [6.07, 6.45) is 0.553. The lowest BCUT2D eigenvalue weighted by molar-refractivity contribution is -0.00354. The summed E-state index contributed by atoms with van der Waals surface area (Å²) in [5, 5.41) is 7.58. The van der Waals surface area contributed by atoms with E-state index in [4.69, 9.17) is 9.88 Å². The van der Waals surface area contributed by atoms with Crippen molar-refractivity contribution in [1.29, 1.82) is 0 Å². The smallest absolute Gasteiger partial charge is 0.213 e. The molecule has 1 heterocycles. The summed E-state index contributed by atoms with van der Waals surface area (Å²) in [5.74, 6) is 0. The molecule has 5 nitrogen and oxygen atoms in total. The fourth-order valence-corrected chi connectivity index (χ4v) is 2.44. The molecule has 6 heteroatoms. The van der Waals surface area contributed by atoms with E-state index in [0.717, 1.165) is 0 Å². The maximum atomic E-state index is 11.1. The monoisotopic (exact) mass is 222 g/mol. The first-order valence-corrected chi connectivity index (χ1v) is 6.38. The molecule has 0 unspecified atom stereocenters. The van der Waals surface area contributed by atoms with Crippen molar-refractivity contribution >= 4 is 10.0 Å². The molecule has 14 heavy (non-hydrogen) atoms. The zero-order chi connectivity index (χ0) is 10.8. The second kappa shape index (κ2) is 4.57. The third-order valence-electron chi connectivity index (χ3n) is 2.20. The topological polar surface area (TPSA) is 81.4 Å². The first kappa shape index (κ1) is 11.9. The molecule has 0 aromatic carbocycles. The predicted octanol–water partition coefficient (Wildman–Crippen LogP) is -0.570. The lowest BCUT2D eigenvalue weighted by atomic mass is 10.1. The van der Waals surface area contributed by atoms with Gasteiger partial charge in [0.05, 0.1) is 17.5 Å². The number of hydrogen-bond donors (Lipinski definition) is 2. The summed E-state index contributed by atoms with van der Waals surface area (Å²) < 4.78 is 27.7. The van der Waals surface area contributed by atoms with Crippen molar-refractivity contribution in [2.45, 2.75) is 37.7 Å². The average Bonchev–Trinajstić information content (AvgIpc) is 2.01. The van der Waals surface area contributed by atoms with Crippen LogP contribution in [0.4, 0.5) is 0 Å². The quantitative estimate of drug-likeness (QED) is 0.670. The van der Waals surface area contributed by atoms with E-state index >= 15 is 0 Å². The highest BCUT2D eigenvalue weighted by Gasteiger charge is 2.29. The Labute approximate surface area is 85.1 Å². The van der Waals surface area contributed by atoms with Crippen molar-refractivity contribution in [1.82, 2.24) is 5.32 Å². The zero-order valence-electron chi connectivity index (χ0n) is 8.56. The van der Waals surface area contributed by atoms with Gasteiger partial charge in [0.1, 0.15) is 0 Å². The van der Waals surface area contributed by atoms with Gasteiger partial charge in [0.25, 0.3) is 0 Å². The Kier molecular flexibility index (Phi) is 3.88. The van der Waals surface area contributed by atoms with E-state index in [0.29, 0.717) is 19.5 Å². The van der Waals surface area contributed by atoms with Crippen LogP contribution in [0.2, 0.25) is 0 Å². The van der Waals surface area contributed by atoms with Crippen molar-refractivity contribution in [2.75, 3.05) is 13.1 Å². The van der Waals surface area contributed by atoms with Gasteiger partial charge in [0, 0.05) is 13.1 Å². The van der Waals surface area contributed by atoms with Crippen LogP contribution in [0.3, 0.4) is 0 Å². The van der Waals surface area contributed by atoms with Crippen LogP contribution in [0, 0.1) is 0 Å². The van der Waals surface area contributed by atoms with Crippen molar-refractivity contribution in [2.24, 2.45) is 5.14 Å². The van der Waals surface area contributed by atoms with E-state index in [-0.39, 0.29) is 12.2 Å². The number of ether oxygens (including phenoxy) is 1. The predicted molar refractivity (Wildman–Crippen MR) is 54.4 cm³/mol. The molecule has 84 valence electrons. The van der Waals surface area contributed by atoms with Crippen LogP contribution in [0.25, 0.3) is 0 Å². The molecular formula is C8H18N2O3S. The fourth-order valence-electron chi connectivity index (χ4n) is 1.60. The summed E-state index contributed by atoms with van der Waals surface area (Å²) in [6.45, 7) is 4.99. The van der Waals surface area contributed by atoms with Crippen LogP contribution in [-0.4, -0.2) is 39.0 Å². The van der Waals surface area contributed by atoms with Gasteiger partial charge in [0.15, 0.2) is 0 Å². The third-order valence-corrected chi connectivity index (χ3v) is 3.49. The van der Waals surface area contributed by atoms with Crippen molar-refractivity contribution in [3.63, 3.8) is 0 Å². The lowest BCUT2D eigenvalue weighted by Gasteiger charge is -2.29. The Morgan fingerprint density at radius 2 is 2.07 bits per heavy atom. The highest BCUT2D eigenvalue weighted by atomic mass is 32.2. The molecule has 1 aliphatic rings. The Morgan fingerprint density at radius 3 is 2.57 bits per heavy atom. The minimum Gasteiger partial charge on any atom is -0.374 e. The van der Waals surface area contributed by atoms with Crippen LogP contribution < -0.4 is 10.5 Å². The fraction of sp³-hybridized carbons (Fsp3) is 1.00. The van der Waals surface area contributed by atoms with Crippen molar-refractivity contribution in [3.05, 3.63) is 0 Å². The average molecular weight is 222 g/mol. The molecule has 1 aliphatic heterocycles. The molecular weight excluding hydrogens is 204 g/mol. The van der Waals surface area contributed by atoms with Crippen molar-refractivity contribution < 1.29 is 13.2 Å².